The van der Waals surface area contributed by atoms with Crippen molar-refractivity contribution in [3.05, 3.63) is 29.6 Å². The number of carbonyl (C=O) groups excluding carboxylic acids is 2. The summed E-state index contributed by atoms with van der Waals surface area (Å²) >= 11 is 3.97. The van der Waals surface area contributed by atoms with Gasteiger partial charge in [-0.2, -0.15) is 0 Å². The van der Waals surface area contributed by atoms with Crippen molar-refractivity contribution < 1.29 is 14.3 Å². The van der Waals surface area contributed by atoms with E-state index >= 15 is 0 Å². The molecule has 4 aliphatic carbocycles. The van der Waals surface area contributed by atoms with Gasteiger partial charge in [0.25, 0.3) is 5.91 Å². The van der Waals surface area contributed by atoms with E-state index in [0.29, 0.717) is 17.7 Å². The highest BCUT2D eigenvalue weighted by Gasteiger charge is 2.57. The lowest BCUT2D eigenvalue weighted by Crippen LogP contribution is -2.53. The third-order valence-electron chi connectivity index (χ3n) is 6.16. The summed E-state index contributed by atoms with van der Waals surface area (Å²) in [7, 11) is 0. The van der Waals surface area contributed by atoms with Crippen LogP contribution < -0.4 is 5.73 Å². The minimum Gasteiger partial charge on any atom is -0.459 e. The topological polar surface area (TPSA) is 82.3 Å². The zero-order chi connectivity index (χ0) is 17.7. The lowest BCUT2D eigenvalue weighted by atomic mass is 9.49. The number of aromatic nitrogens is 1. The summed E-state index contributed by atoms with van der Waals surface area (Å²) in [6, 6.07) is 3.25. The smallest absolute Gasteiger partial charge is 0.306 e. The number of alkyl halides is 1. The Morgan fingerprint density at radius 2 is 2.00 bits per heavy atom. The van der Waals surface area contributed by atoms with Crippen LogP contribution in [0.3, 0.4) is 0 Å². The maximum absolute atomic E-state index is 12.5. The summed E-state index contributed by atoms with van der Waals surface area (Å²) in [5, 5.41) is 0. The van der Waals surface area contributed by atoms with Crippen LogP contribution in [0.25, 0.3) is 0 Å². The highest BCUT2D eigenvalue weighted by atomic mass is 79.9. The maximum atomic E-state index is 12.5. The molecule has 2 N–H and O–H groups in total. The molecule has 6 heteroatoms. The molecule has 2 atom stereocenters. The maximum Gasteiger partial charge on any atom is 0.306 e. The largest absolute Gasteiger partial charge is 0.459 e. The first-order valence-electron chi connectivity index (χ1n) is 8.95. The van der Waals surface area contributed by atoms with Crippen LogP contribution in [0.5, 0.6) is 0 Å². The van der Waals surface area contributed by atoms with E-state index < -0.39 is 5.91 Å². The number of hydrogen-bond donors (Lipinski definition) is 1. The van der Waals surface area contributed by atoms with Crippen molar-refractivity contribution in [3.8, 4) is 0 Å². The highest BCUT2D eigenvalue weighted by Crippen LogP contribution is 2.65. The molecule has 1 heterocycles. The first-order valence-corrected chi connectivity index (χ1v) is 9.74. The van der Waals surface area contributed by atoms with E-state index in [1.165, 1.54) is 19.3 Å². The number of rotatable bonds is 5. The molecule has 0 unspecified atom stereocenters. The minimum atomic E-state index is -0.554. The predicted molar refractivity (Wildman–Crippen MR) is 95.9 cm³/mol. The monoisotopic (exact) mass is 406 g/mol. The molecule has 4 bridgehead atoms. The summed E-state index contributed by atoms with van der Waals surface area (Å²) in [5.41, 5.74) is 6.16. The van der Waals surface area contributed by atoms with Crippen molar-refractivity contribution in [1.82, 2.24) is 4.98 Å². The average molecular weight is 407 g/mol. The number of amides is 1. The van der Waals surface area contributed by atoms with Crippen LogP contribution in [0, 0.1) is 17.3 Å². The molecule has 4 aliphatic rings. The normalized spacial score (nSPS) is 35.6. The number of pyridine rings is 1. The van der Waals surface area contributed by atoms with Gasteiger partial charge in [-0.3, -0.25) is 14.6 Å². The Morgan fingerprint density at radius 3 is 2.64 bits per heavy atom. The predicted octanol–water partition coefficient (Wildman–Crippen LogP) is 3.35. The van der Waals surface area contributed by atoms with Crippen LogP contribution in [0.2, 0.25) is 0 Å². The molecule has 0 radical (unpaired) electrons. The Kier molecular flexibility index (Phi) is 4.13. The summed E-state index contributed by atoms with van der Waals surface area (Å²) in [4.78, 5) is 28.1. The second kappa shape index (κ2) is 6.08. The fourth-order valence-corrected chi connectivity index (χ4v) is 7.34. The lowest BCUT2D eigenvalue weighted by molar-refractivity contribution is -0.152. The van der Waals surface area contributed by atoms with Gasteiger partial charge in [0.1, 0.15) is 6.61 Å². The molecular weight excluding hydrogens is 384 g/mol. The van der Waals surface area contributed by atoms with Crippen molar-refractivity contribution in [2.75, 3.05) is 0 Å². The second-order valence-corrected chi connectivity index (χ2v) is 9.99. The third-order valence-corrected chi connectivity index (χ3v) is 7.08. The number of primary amides is 1. The van der Waals surface area contributed by atoms with Gasteiger partial charge in [-0.15, -0.1) is 0 Å². The fraction of sp³-hybridized carbons (Fsp3) is 0.632. The van der Waals surface area contributed by atoms with E-state index in [1.54, 1.807) is 18.3 Å². The number of nitrogens with two attached hydrogens (primary N) is 1. The van der Waals surface area contributed by atoms with Gasteiger partial charge in [0.05, 0.1) is 17.7 Å². The molecule has 25 heavy (non-hydrogen) atoms. The SMILES string of the molecule is NC(=O)c1cccnc1COC(=O)CC12C[C@H]3C[C@@H](CC(Br)(C3)C1)C2. The first-order chi connectivity index (χ1) is 11.9. The van der Waals surface area contributed by atoms with E-state index in [1.807, 2.05) is 0 Å². The van der Waals surface area contributed by atoms with E-state index in [0.717, 1.165) is 31.1 Å². The fourth-order valence-electron chi connectivity index (χ4n) is 5.83. The molecule has 5 nitrogen and oxygen atoms in total. The lowest BCUT2D eigenvalue weighted by Gasteiger charge is -2.60. The highest BCUT2D eigenvalue weighted by molar-refractivity contribution is 9.10. The molecule has 0 spiro atoms. The number of halogens is 1. The van der Waals surface area contributed by atoms with Gasteiger partial charge in [-0.05, 0) is 67.9 Å². The van der Waals surface area contributed by atoms with E-state index in [9.17, 15) is 9.59 Å². The quantitative estimate of drug-likeness (QED) is 0.600. The zero-order valence-electron chi connectivity index (χ0n) is 14.2. The van der Waals surface area contributed by atoms with Crippen molar-refractivity contribution in [1.29, 1.82) is 0 Å². The number of carbonyl (C=O) groups is 2. The van der Waals surface area contributed by atoms with Gasteiger partial charge < -0.3 is 10.5 Å². The Labute approximate surface area is 155 Å². The summed E-state index contributed by atoms with van der Waals surface area (Å²) in [6.07, 6.45) is 9.20. The van der Waals surface area contributed by atoms with Crippen molar-refractivity contribution >= 4 is 27.8 Å². The Balaban J connectivity index is 1.41. The first kappa shape index (κ1) is 17.0. The molecular formula is C19H23BrN2O3. The zero-order valence-corrected chi connectivity index (χ0v) is 15.8. The van der Waals surface area contributed by atoms with Crippen molar-refractivity contribution in [3.63, 3.8) is 0 Å². The van der Waals surface area contributed by atoms with Gasteiger partial charge in [0, 0.05) is 10.5 Å². The molecule has 1 amide bonds. The molecule has 4 saturated carbocycles. The van der Waals surface area contributed by atoms with Crippen LogP contribution in [0.4, 0.5) is 0 Å². The minimum absolute atomic E-state index is 0.000336. The van der Waals surface area contributed by atoms with Crippen LogP contribution in [0.15, 0.2) is 18.3 Å². The molecule has 5 rings (SSSR count). The van der Waals surface area contributed by atoms with Crippen molar-refractivity contribution in [2.24, 2.45) is 23.0 Å². The Bertz CT molecular complexity index is 706. The average Bonchev–Trinajstić information content (AvgIpc) is 2.50. The summed E-state index contributed by atoms with van der Waals surface area (Å²) in [5.74, 6) is 0.733. The van der Waals surface area contributed by atoms with Gasteiger partial charge in [0.2, 0.25) is 0 Å². The van der Waals surface area contributed by atoms with Crippen LogP contribution in [-0.4, -0.2) is 21.2 Å². The molecule has 4 fully saturated rings. The number of hydrogen-bond acceptors (Lipinski definition) is 4. The Morgan fingerprint density at radius 1 is 1.28 bits per heavy atom. The second-order valence-electron chi connectivity index (χ2n) is 8.31. The van der Waals surface area contributed by atoms with E-state index in [2.05, 4.69) is 20.9 Å². The Hall–Kier alpha value is -1.43. The summed E-state index contributed by atoms with van der Waals surface area (Å²) < 4.78 is 5.70. The standard InChI is InChI=1S/C19H23BrN2O3/c20-19-7-12-4-13(8-19)6-18(5-12,11-19)9-16(23)25-10-15-14(17(21)24)2-1-3-22-15/h1-3,12-13H,4-11H2,(H2,21,24)/t12-,13-,18?,19?/m1/s1. The summed E-state index contributed by atoms with van der Waals surface area (Å²) in [6.45, 7) is 0.000336. The molecule has 0 aliphatic heterocycles. The number of esters is 1. The molecule has 0 aromatic carbocycles. The number of ether oxygens (including phenoxy) is 1. The third kappa shape index (κ3) is 3.33. The number of nitrogens with zero attached hydrogens (tertiary/aromatic N) is 1. The van der Waals surface area contributed by atoms with Gasteiger partial charge >= 0.3 is 5.97 Å². The van der Waals surface area contributed by atoms with Crippen LogP contribution in [-0.2, 0) is 16.1 Å². The van der Waals surface area contributed by atoms with Gasteiger partial charge in [-0.1, -0.05) is 15.9 Å². The molecule has 1 aromatic rings. The molecule has 134 valence electrons. The van der Waals surface area contributed by atoms with Crippen LogP contribution >= 0.6 is 15.9 Å². The van der Waals surface area contributed by atoms with Crippen molar-refractivity contribution in [2.45, 2.75) is 55.9 Å². The van der Waals surface area contributed by atoms with Crippen LogP contribution in [0.1, 0.15) is 61.0 Å². The van der Waals surface area contributed by atoms with Gasteiger partial charge in [0.15, 0.2) is 0 Å². The molecule has 0 saturated heterocycles. The molecule has 1 aromatic heterocycles. The van der Waals surface area contributed by atoms with Gasteiger partial charge in [-0.25, -0.2) is 0 Å². The van der Waals surface area contributed by atoms with E-state index in [-0.39, 0.29) is 22.3 Å². The van der Waals surface area contributed by atoms with E-state index in [4.69, 9.17) is 10.5 Å².